The van der Waals surface area contributed by atoms with Crippen LogP contribution in [0.3, 0.4) is 0 Å². The molecule has 0 fully saturated rings. The summed E-state index contributed by atoms with van der Waals surface area (Å²) in [5.41, 5.74) is 37.6. The van der Waals surface area contributed by atoms with Gasteiger partial charge in [-0.2, -0.15) is 0 Å². The van der Waals surface area contributed by atoms with Gasteiger partial charge in [0.25, 0.3) is 0 Å². The van der Waals surface area contributed by atoms with Crippen LogP contribution in [0.15, 0.2) is 96.6 Å². The first-order chi connectivity index (χ1) is 8.91. The monoisotopic (exact) mass is 334 g/mol. The van der Waals surface area contributed by atoms with Crippen LogP contribution in [0, 0.1) is 0 Å². The Hall–Kier alpha value is -2.83. The van der Waals surface area contributed by atoms with Crippen molar-refractivity contribution in [2.24, 2.45) is 0 Å². The quantitative estimate of drug-likeness (QED) is 0.466. The van der Waals surface area contributed by atoms with Crippen molar-refractivity contribution < 1.29 is 0 Å². The van der Waals surface area contributed by atoms with Crippen LogP contribution in [-0.2, 0) is 0 Å². The molecule has 78 valence electrons. The van der Waals surface area contributed by atoms with E-state index in [0.717, 1.165) is 0 Å². The largest absolute Gasteiger partial charge is 0.0687 e. The van der Waals surface area contributed by atoms with E-state index in [4.69, 9.17) is 0 Å². The lowest BCUT2D eigenvalue weighted by Gasteiger charge is -1.42. The first-order valence-electron chi connectivity index (χ1n) is 4.36. The molecule has 1 heteroatoms. The van der Waals surface area contributed by atoms with E-state index < -0.39 is 0 Å². The molecular formula is C17H3I. The fourth-order valence-electron chi connectivity index (χ4n) is 0.451. The summed E-state index contributed by atoms with van der Waals surface area (Å²) in [6.07, 6.45) is 0. The van der Waals surface area contributed by atoms with Crippen molar-refractivity contribution in [1.82, 2.24) is 0 Å². The molecule has 18 heavy (non-hydrogen) atoms. The average Bonchev–Trinajstić information content (AvgIpc) is 2.39. The molecule has 0 saturated carbocycles. The summed E-state index contributed by atoms with van der Waals surface area (Å²) in [4.78, 5) is 0. The van der Waals surface area contributed by atoms with Crippen LogP contribution in [0.2, 0.25) is 0 Å². The van der Waals surface area contributed by atoms with Crippen LogP contribution in [-0.4, -0.2) is 0 Å². The summed E-state index contributed by atoms with van der Waals surface area (Å²) in [5, 5.41) is 0. The van der Waals surface area contributed by atoms with Gasteiger partial charge in [-0.15, -0.1) is 0 Å². The molecule has 0 aromatic carbocycles. The maximum atomic E-state index is 3.30. The summed E-state index contributed by atoms with van der Waals surface area (Å²) in [6.45, 7) is 3.30. The van der Waals surface area contributed by atoms with E-state index in [1.54, 1.807) is 4.08 Å². The first kappa shape index (κ1) is 15.2. The van der Waals surface area contributed by atoms with E-state index in [0.29, 0.717) is 0 Å². The normalized spacial score (nSPS) is 4.06. The van der Waals surface area contributed by atoms with Crippen molar-refractivity contribution in [3.05, 3.63) is 96.6 Å². The van der Waals surface area contributed by atoms with Crippen LogP contribution in [0.1, 0.15) is 0 Å². The van der Waals surface area contributed by atoms with Crippen LogP contribution in [0.4, 0.5) is 0 Å². The molecule has 0 aliphatic carbocycles. The second kappa shape index (κ2) is 14.2. The Labute approximate surface area is 119 Å². The minimum Gasteiger partial charge on any atom is -0.0687 e. The van der Waals surface area contributed by atoms with Crippen molar-refractivity contribution >= 4 is 22.6 Å². The van der Waals surface area contributed by atoms with Crippen molar-refractivity contribution in [3.63, 3.8) is 0 Å². The summed E-state index contributed by atoms with van der Waals surface area (Å²) < 4.78 is 1.67. The molecule has 0 aliphatic rings. The van der Waals surface area contributed by atoms with Gasteiger partial charge in [-0.25, -0.2) is 0 Å². The highest BCUT2D eigenvalue weighted by Crippen LogP contribution is 1.75. The van der Waals surface area contributed by atoms with Gasteiger partial charge in [0.05, 0.1) is 0 Å². The van der Waals surface area contributed by atoms with Crippen LogP contribution in [0.5, 0.6) is 0 Å². The van der Waals surface area contributed by atoms with Crippen molar-refractivity contribution in [2.75, 3.05) is 0 Å². The van der Waals surface area contributed by atoms with E-state index in [-0.39, 0.29) is 0 Å². The number of halogens is 1. The Kier molecular flexibility index (Phi) is 11.9. The molecule has 0 aromatic rings. The third-order valence-electron chi connectivity index (χ3n) is 0.965. The van der Waals surface area contributed by atoms with E-state index >= 15 is 0 Å². The smallest absolute Gasteiger partial charge is 0.0278 e. The van der Waals surface area contributed by atoms with E-state index in [2.05, 4.69) is 92.5 Å². The zero-order chi connectivity index (χ0) is 13.3. The molecule has 0 aliphatic heterocycles. The highest BCUT2D eigenvalue weighted by atomic mass is 127. The second-order valence-corrected chi connectivity index (χ2v) is 2.68. The third-order valence-corrected chi connectivity index (χ3v) is 1.28. The van der Waals surface area contributed by atoms with Crippen molar-refractivity contribution in [1.29, 1.82) is 0 Å². The maximum Gasteiger partial charge on any atom is 0.0278 e. The van der Waals surface area contributed by atoms with Gasteiger partial charge in [0.15, 0.2) is 0 Å². The summed E-state index contributed by atoms with van der Waals surface area (Å²) in [6, 6.07) is 0. The summed E-state index contributed by atoms with van der Waals surface area (Å²) in [5.74, 6) is 0. The Balaban J connectivity index is 5.66. The number of hydrogen-bond donors (Lipinski definition) is 0. The maximum absolute atomic E-state index is 3.30. The lowest BCUT2D eigenvalue weighted by Crippen LogP contribution is -1.24. The van der Waals surface area contributed by atoms with Gasteiger partial charge in [-0.1, -0.05) is 11.5 Å². The third kappa shape index (κ3) is 13.2. The molecule has 0 unspecified atom stereocenters. The molecule has 0 nitrogen and oxygen atoms in total. The predicted octanol–water partition coefficient (Wildman–Crippen LogP) is 3.89. The first-order valence-corrected chi connectivity index (χ1v) is 5.61. The molecule has 0 spiro atoms. The van der Waals surface area contributed by atoms with Crippen LogP contribution < -0.4 is 0 Å². The molecule has 0 aromatic heterocycles. The fourth-order valence-corrected chi connectivity index (χ4v) is 0.607. The van der Waals surface area contributed by atoms with Crippen LogP contribution in [0.25, 0.3) is 0 Å². The molecular weight excluding hydrogens is 331 g/mol. The van der Waals surface area contributed by atoms with Crippen LogP contribution >= 0.6 is 22.6 Å². The van der Waals surface area contributed by atoms with E-state index in [9.17, 15) is 0 Å². The van der Waals surface area contributed by atoms with Gasteiger partial charge in [0, 0.05) is 4.08 Å². The highest BCUT2D eigenvalue weighted by Gasteiger charge is 1.42. The Morgan fingerprint density at radius 3 is 1.22 bits per heavy atom. The highest BCUT2D eigenvalue weighted by molar-refractivity contribution is 14.1. The molecule has 0 saturated heterocycles. The molecule has 0 heterocycles. The number of rotatable bonds is 0. The molecule has 0 rings (SSSR count). The Morgan fingerprint density at radius 2 is 0.889 bits per heavy atom. The van der Waals surface area contributed by atoms with Gasteiger partial charge in [0.1, 0.15) is 0 Å². The van der Waals surface area contributed by atoms with Gasteiger partial charge in [0.2, 0.25) is 0 Å². The van der Waals surface area contributed by atoms with Gasteiger partial charge in [-0.05, 0) is 104 Å². The Morgan fingerprint density at radius 1 is 0.556 bits per heavy atom. The van der Waals surface area contributed by atoms with Crippen molar-refractivity contribution in [3.8, 4) is 0 Å². The Bertz CT molecular complexity index is 864. The minimum atomic E-state index is 1.67. The molecule has 0 atom stereocenters. The predicted molar refractivity (Wildman–Crippen MR) is 76.9 cm³/mol. The second-order valence-electron chi connectivity index (χ2n) is 2.06. The molecule has 0 radical (unpaired) electrons. The summed E-state index contributed by atoms with van der Waals surface area (Å²) >= 11 is 2.02. The van der Waals surface area contributed by atoms with Crippen molar-refractivity contribution in [2.45, 2.75) is 0 Å². The molecule has 0 bridgehead atoms. The standard InChI is InChI=1S/C17H3I/c1-2-3-4-5-6-7-8-9-10-11-12-13-14-15-16-17-18/h17H,1H2. The topological polar surface area (TPSA) is 0 Å². The van der Waals surface area contributed by atoms with Gasteiger partial charge < -0.3 is 0 Å². The lowest BCUT2D eigenvalue weighted by molar-refractivity contribution is 2.12. The van der Waals surface area contributed by atoms with Gasteiger partial charge >= 0.3 is 0 Å². The summed E-state index contributed by atoms with van der Waals surface area (Å²) in [7, 11) is 0. The zero-order valence-corrected chi connectivity index (χ0v) is 11.3. The van der Waals surface area contributed by atoms with E-state index in [1.165, 1.54) is 0 Å². The lowest BCUT2D eigenvalue weighted by atomic mass is 10.6. The van der Waals surface area contributed by atoms with Gasteiger partial charge in [-0.3, -0.25) is 0 Å². The molecule has 0 amide bonds. The fraction of sp³-hybridized carbons (Fsp3) is 0. The average molecular weight is 334 g/mol. The minimum absolute atomic E-state index is 1.67. The number of hydrogen-bond acceptors (Lipinski definition) is 0. The van der Waals surface area contributed by atoms with E-state index in [1.807, 2.05) is 22.6 Å². The molecule has 0 N–H and O–H groups in total. The zero-order valence-electron chi connectivity index (χ0n) is 9.16. The SMILES string of the molecule is C=C=C=C=C=C=C=C=C=C=C=C=C=C=C=C=CI.